The lowest BCUT2D eigenvalue weighted by Gasteiger charge is -2.11. The number of ether oxygens (including phenoxy) is 2. The summed E-state index contributed by atoms with van der Waals surface area (Å²) in [6, 6.07) is 13.0. The lowest BCUT2D eigenvalue weighted by Crippen LogP contribution is -2.20. The molecule has 0 fully saturated rings. The van der Waals surface area contributed by atoms with Crippen LogP contribution in [0.15, 0.2) is 48.7 Å². The second-order valence-corrected chi connectivity index (χ2v) is 5.85. The third-order valence-corrected chi connectivity index (χ3v) is 3.88. The molecule has 0 aliphatic rings. The second-order valence-electron chi connectivity index (χ2n) is 5.85. The first-order valence-corrected chi connectivity index (χ1v) is 7.99. The van der Waals surface area contributed by atoms with E-state index in [1.807, 2.05) is 19.9 Å². The Kier molecular flexibility index (Phi) is 4.84. The summed E-state index contributed by atoms with van der Waals surface area (Å²) in [7, 11) is 1.60. The van der Waals surface area contributed by atoms with Crippen molar-refractivity contribution in [2.24, 2.45) is 0 Å². The Morgan fingerprint density at radius 3 is 2.52 bits per heavy atom. The molecule has 0 aliphatic heterocycles. The Morgan fingerprint density at radius 1 is 1.08 bits per heavy atom. The summed E-state index contributed by atoms with van der Waals surface area (Å²) in [5, 5.41) is 3.83. The number of amides is 1. The van der Waals surface area contributed by atoms with Crippen LogP contribution in [0.3, 0.4) is 0 Å². The highest BCUT2D eigenvalue weighted by atomic mass is 16.5. The highest BCUT2D eigenvalue weighted by molar-refractivity contribution is 6.02. The van der Waals surface area contributed by atoms with Gasteiger partial charge < -0.3 is 14.8 Å². The van der Waals surface area contributed by atoms with Gasteiger partial charge in [-0.1, -0.05) is 11.6 Å². The lowest BCUT2D eigenvalue weighted by atomic mass is 10.1. The molecular formula is C20H20N2O3. The number of methoxy groups -OCH3 is 1. The highest BCUT2D eigenvalue weighted by Crippen LogP contribution is 2.25. The average molecular weight is 336 g/mol. The van der Waals surface area contributed by atoms with Gasteiger partial charge >= 0.3 is 0 Å². The first kappa shape index (κ1) is 16.8. The minimum Gasteiger partial charge on any atom is -0.497 e. The third kappa shape index (κ3) is 3.88. The molecule has 0 saturated heterocycles. The zero-order valence-electron chi connectivity index (χ0n) is 14.5. The van der Waals surface area contributed by atoms with Gasteiger partial charge in [0.05, 0.1) is 18.3 Å². The third-order valence-electron chi connectivity index (χ3n) is 3.88. The molecule has 0 spiro atoms. The number of fused-ring (bicyclic) bond motifs is 1. The Morgan fingerprint density at radius 2 is 1.80 bits per heavy atom. The Labute approximate surface area is 146 Å². The van der Waals surface area contributed by atoms with Crippen molar-refractivity contribution in [2.45, 2.75) is 13.8 Å². The van der Waals surface area contributed by atoms with Crippen molar-refractivity contribution in [3.63, 3.8) is 0 Å². The lowest BCUT2D eigenvalue weighted by molar-refractivity contribution is -0.118. The molecule has 0 radical (unpaired) electrons. The molecule has 0 bridgehead atoms. The van der Waals surface area contributed by atoms with Gasteiger partial charge in [0.1, 0.15) is 11.5 Å². The van der Waals surface area contributed by atoms with Gasteiger partial charge in [-0.05, 0) is 55.8 Å². The molecule has 2 aromatic carbocycles. The van der Waals surface area contributed by atoms with E-state index in [9.17, 15) is 4.79 Å². The van der Waals surface area contributed by atoms with Crippen molar-refractivity contribution in [3.8, 4) is 11.5 Å². The van der Waals surface area contributed by atoms with E-state index in [0.29, 0.717) is 5.75 Å². The summed E-state index contributed by atoms with van der Waals surface area (Å²) in [5.41, 5.74) is 3.84. The summed E-state index contributed by atoms with van der Waals surface area (Å²) >= 11 is 0. The molecule has 0 saturated carbocycles. The molecule has 25 heavy (non-hydrogen) atoms. The molecule has 1 heterocycles. The van der Waals surface area contributed by atoms with Gasteiger partial charge in [0.2, 0.25) is 0 Å². The standard InChI is InChI=1S/C20H20N2O3/c1-13-10-14(2)20-17(11-13)18(8-9-21-20)22-19(23)12-25-16-6-4-15(24-3)5-7-16/h4-11H,12H2,1-3H3,(H,21,22,23). The Hall–Kier alpha value is -3.08. The van der Waals surface area contributed by atoms with E-state index < -0.39 is 0 Å². The van der Waals surface area contributed by atoms with Crippen molar-refractivity contribution >= 4 is 22.5 Å². The summed E-state index contributed by atoms with van der Waals surface area (Å²) in [4.78, 5) is 16.6. The zero-order chi connectivity index (χ0) is 17.8. The summed E-state index contributed by atoms with van der Waals surface area (Å²) in [6.45, 7) is 3.97. The summed E-state index contributed by atoms with van der Waals surface area (Å²) in [5.74, 6) is 1.13. The number of aromatic nitrogens is 1. The molecule has 3 rings (SSSR count). The van der Waals surface area contributed by atoms with E-state index in [0.717, 1.165) is 33.5 Å². The van der Waals surface area contributed by atoms with Crippen LogP contribution in [0.5, 0.6) is 11.5 Å². The van der Waals surface area contributed by atoms with E-state index in [2.05, 4.69) is 16.4 Å². The number of hydrogen-bond acceptors (Lipinski definition) is 4. The molecule has 1 N–H and O–H groups in total. The van der Waals surface area contributed by atoms with E-state index in [4.69, 9.17) is 9.47 Å². The fourth-order valence-electron chi connectivity index (χ4n) is 2.73. The average Bonchev–Trinajstić information content (AvgIpc) is 2.61. The van der Waals surface area contributed by atoms with Crippen molar-refractivity contribution in [1.29, 1.82) is 0 Å². The van der Waals surface area contributed by atoms with Gasteiger partial charge in [0.15, 0.2) is 6.61 Å². The maximum Gasteiger partial charge on any atom is 0.262 e. The zero-order valence-corrected chi connectivity index (χ0v) is 14.5. The van der Waals surface area contributed by atoms with Gasteiger partial charge in [0, 0.05) is 11.6 Å². The molecule has 5 heteroatoms. The highest BCUT2D eigenvalue weighted by Gasteiger charge is 2.09. The molecule has 0 atom stereocenters. The predicted molar refractivity (Wildman–Crippen MR) is 98.3 cm³/mol. The van der Waals surface area contributed by atoms with Crippen molar-refractivity contribution in [1.82, 2.24) is 4.98 Å². The van der Waals surface area contributed by atoms with Gasteiger partial charge in [-0.2, -0.15) is 0 Å². The summed E-state index contributed by atoms with van der Waals surface area (Å²) in [6.07, 6.45) is 1.70. The fourth-order valence-corrected chi connectivity index (χ4v) is 2.73. The molecular weight excluding hydrogens is 316 g/mol. The van der Waals surface area contributed by atoms with Crippen molar-refractivity contribution in [2.75, 3.05) is 19.0 Å². The number of pyridine rings is 1. The predicted octanol–water partition coefficient (Wildman–Crippen LogP) is 3.88. The van der Waals surface area contributed by atoms with Crippen LogP contribution in [0, 0.1) is 13.8 Å². The van der Waals surface area contributed by atoms with Crippen LogP contribution in [-0.4, -0.2) is 24.6 Å². The normalized spacial score (nSPS) is 10.5. The SMILES string of the molecule is COc1ccc(OCC(=O)Nc2ccnc3c(C)cc(C)cc23)cc1. The van der Waals surface area contributed by atoms with Gasteiger partial charge in [-0.25, -0.2) is 0 Å². The number of carbonyl (C=O) groups is 1. The fraction of sp³-hybridized carbons (Fsp3) is 0.200. The van der Waals surface area contributed by atoms with Crippen LogP contribution >= 0.6 is 0 Å². The van der Waals surface area contributed by atoms with E-state index >= 15 is 0 Å². The Balaban J connectivity index is 1.71. The molecule has 128 valence electrons. The largest absolute Gasteiger partial charge is 0.497 e. The second kappa shape index (κ2) is 7.21. The van der Waals surface area contributed by atoms with Crippen LogP contribution in [0.4, 0.5) is 5.69 Å². The van der Waals surface area contributed by atoms with Crippen molar-refractivity contribution in [3.05, 3.63) is 59.8 Å². The Bertz CT molecular complexity index is 905. The maximum absolute atomic E-state index is 12.2. The number of carbonyl (C=O) groups excluding carboxylic acids is 1. The number of rotatable bonds is 5. The van der Waals surface area contributed by atoms with E-state index in [-0.39, 0.29) is 12.5 Å². The first-order valence-electron chi connectivity index (χ1n) is 7.99. The van der Waals surface area contributed by atoms with Crippen LogP contribution in [0.25, 0.3) is 10.9 Å². The number of hydrogen-bond donors (Lipinski definition) is 1. The summed E-state index contributed by atoms with van der Waals surface area (Å²) < 4.78 is 10.6. The molecule has 0 aliphatic carbocycles. The molecule has 1 aromatic heterocycles. The van der Waals surface area contributed by atoms with Crippen LogP contribution in [0.2, 0.25) is 0 Å². The number of aryl methyl sites for hydroxylation is 2. The molecule has 1 amide bonds. The van der Waals surface area contributed by atoms with Gasteiger partial charge in [-0.15, -0.1) is 0 Å². The molecule has 3 aromatic rings. The number of nitrogens with one attached hydrogen (secondary N) is 1. The van der Waals surface area contributed by atoms with Crippen LogP contribution in [-0.2, 0) is 4.79 Å². The van der Waals surface area contributed by atoms with Crippen LogP contribution in [0.1, 0.15) is 11.1 Å². The van der Waals surface area contributed by atoms with Gasteiger partial charge in [-0.3, -0.25) is 9.78 Å². The molecule has 5 nitrogen and oxygen atoms in total. The van der Waals surface area contributed by atoms with E-state index in [1.54, 1.807) is 43.6 Å². The number of nitrogens with zero attached hydrogens (tertiary/aromatic N) is 1. The minimum absolute atomic E-state index is 0.0685. The quantitative estimate of drug-likeness (QED) is 0.768. The minimum atomic E-state index is -0.220. The first-order chi connectivity index (χ1) is 12.1. The topological polar surface area (TPSA) is 60.5 Å². The van der Waals surface area contributed by atoms with Crippen LogP contribution < -0.4 is 14.8 Å². The van der Waals surface area contributed by atoms with Gasteiger partial charge in [0.25, 0.3) is 5.91 Å². The smallest absolute Gasteiger partial charge is 0.262 e. The monoisotopic (exact) mass is 336 g/mol. The molecule has 0 unspecified atom stereocenters. The number of anilines is 1. The number of benzene rings is 2. The van der Waals surface area contributed by atoms with Crippen molar-refractivity contribution < 1.29 is 14.3 Å². The maximum atomic E-state index is 12.2. The van der Waals surface area contributed by atoms with E-state index in [1.165, 1.54) is 0 Å².